The van der Waals surface area contributed by atoms with Crippen molar-refractivity contribution in [3.8, 4) is 0 Å². The zero-order valence-corrected chi connectivity index (χ0v) is 11.6. The van der Waals surface area contributed by atoms with E-state index in [4.69, 9.17) is 4.98 Å². The SMILES string of the molecule is CCNCc1nc(C(C)C)n2c1C(C)CCC2. The minimum atomic E-state index is 0.523. The lowest BCUT2D eigenvalue weighted by molar-refractivity contribution is 0.454. The lowest BCUT2D eigenvalue weighted by Crippen LogP contribution is -2.19. The molecule has 1 N–H and O–H groups in total. The molecule has 0 saturated heterocycles. The van der Waals surface area contributed by atoms with Gasteiger partial charge in [-0.2, -0.15) is 0 Å². The van der Waals surface area contributed by atoms with Crippen molar-refractivity contribution in [2.45, 2.75) is 65.5 Å². The number of hydrogen-bond donors (Lipinski definition) is 1. The third kappa shape index (κ3) is 2.39. The van der Waals surface area contributed by atoms with E-state index in [-0.39, 0.29) is 0 Å². The van der Waals surface area contributed by atoms with Gasteiger partial charge in [-0.05, 0) is 25.3 Å². The van der Waals surface area contributed by atoms with Crippen LogP contribution in [0.5, 0.6) is 0 Å². The molecule has 2 rings (SSSR count). The first-order chi connectivity index (χ1) is 8.15. The largest absolute Gasteiger partial charge is 0.331 e. The summed E-state index contributed by atoms with van der Waals surface area (Å²) in [4.78, 5) is 4.88. The van der Waals surface area contributed by atoms with E-state index in [0.29, 0.717) is 11.8 Å². The lowest BCUT2D eigenvalue weighted by Gasteiger charge is -2.24. The molecule has 0 aliphatic carbocycles. The Morgan fingerprint density at radius 2 is 2.24 bits per heavy atom. The summed E-state index contributed by atoms with van der Waals surface area (Å²) in [6.45, 7) is 12.1. The van der Waals surface area contributed by atoms with Gasteiger partial charge in [0.1, 0.15) is 5.82 Å². The topological polar surface area (TPSA) is 29.9 Å². The Morgan fingerprint density at radius 3 is 2.88 bits per heavy atom. The highest BCUT2D eigenvalue weighted by atomic mass is 15.1. The Kier molecular flexibility index (Phi) is 3.87. The molecule has 0 spiro atoms. The highest BCUT2D eigenvalue weighted by molar-refractivity contribution is 5.24. The fraction of sp³-hybridized carbons (Fsp3) is 0.786. The fourth-order valence-corrected chi connectivity index (χ4v) is 2.83. The Morgan fingerprint density at radius 1 is 1.47 bits per heavy atom. The highest BCUT2D eigenvalue weighted by Crippen LogP contribution is 2.32. The van der Waals surface area contributed by atoms with E-state index in [9.17, 15) is 0 Å². The number of hydrogen-bond acceptors (Lipinski definition) is 2. The molecule has 0 radical (unpaired) electrons. The Bertz CT molecular complexity index is 379. The Labute approximate surface area is 105 Å². The van der Waals surface area contributed by atoms with Crippen molar-refractivity contribution in [2.24, 2.45) is 0 Å². The van der Waals surface area contributed by atoms with Crippen LogP contribution >= 0.6 is 0 Å². The van der Waals surface area contributed by atoms with E-state index in [1.807, 2.05) is 0 Å². The summed E-state index contributed by atoms with van der Waals surface area (Å²) >= 11 is 0. The van der Waals surface area contributed by atoms with Gasteiger partial charge in [0.15, 0.2) is 0 Å². The van der Waals surface area contributed by atoms with Gasteiger partial charge in [-0.25, -0.2) is 4.98 Å². The molecule has 3 heteroatoms. The van der Waals surface area contributed by atoms with E-state index >= 15 is 0 Å². The zero-order chi connectivity index (χ0) is 12.4. The quantitative estimate of drug-likeness (QED) is 0.869. The van der Waals surface area contributed by atoms with Gasteiger partial charge in [0.2, 0.25) is 0 Å². The van der Waals surface area contributed by atoms with E-state index in [2.05, 4.69) is 37.6 Å². The molecule has 0 saturated carbocycles. The Balaban J connectivity index is 2.38. The summed E-state index contributed by atoms with van der Waals surface area (Å²) in [6, 6.07) is 0. The molecular weight excluding hydrogens is 210 g/mol. The van der Waals surface area contributed by atoms with Crippen LogP contribution < -0.4 is 5.32 Å². The molecule has 0 amide bonds. The van der Waals surface area contributed by atoms with Crippen LogP contribution in [0.2, 0.25) is 0 Å². The third-order valence-corrected chi connectivity index (χ3v) is 3.66. The Hall–Kier alpha value is -0.830. The molecule has 1 aromatic rings. The summed E-state index contributed by atoms with van der Waals surface area (Å²) < 4.78 is 2.48. The first kappa shape index (κ1) is 12.6. The molecule has 0 aromatic carbocycles. The van der Waals surface area contributed by atoms with Crippen molar-refractivity contribution < 1.29 is 0 Å². The normalized spacial score (nSPS) is 19.7. The summed E-state index contributed by atoms with van der Waals surface area (Å²) in [7, 11) is 0. The lowest BCUT2D eigenvalue weighted by atomic mass is 9.96. The molecule has 96 valence electrons. The molecule has 17 heavy (non-hydrogen) atoms. The maximum absolute atomic E-state index is 4.88. The maximum Gasteiger partial charge on any atom is 0.111 e. The minimum Gasteiger partial charge on any atom is -0.331 e. The number of imidazole rings is 1. The van der Waals surface area contributed by atoms with Crippen LogP contribution in [0.4, 0.5) is 0 Å². The number of aromatic nitrogens is 2. The van der Waals surface area contributed by atoms with Crippen molar-refractivity contribution in [3.05, 3.63) is 17.2 Å². The molecule has 2 heterocycles. The van der Waals surface area contributed by atoms with Crippen molar-refractivity contribution in [3.63, 3.8) is 0 Å². The first-order valence-corrected chi connectivity index (χ1v) is 6.95. The molecule has 1 unspecified atom stereocenters. The monoisotopic (exact) mass is 235 g/mol. The maximum atomic E-state index is 4.88. The van der Waals surface area contributed by atoms with Crippen LogP contribution in [-0.2, 0) is 13.1 Å². The van der Waals surface area contributed by atoms with Crippen molar-refractivity contribution in [2.75, 3.05) is 6.54 Å². The van der Waals surface area contributed by atoms with E-state index in [1.165, 1.54) is 30.1 Å². The van der Waals surface area contributed by atoms with Gasteiger partial charge in [-0.3, -0.25) is 0 Å². The van der Waals surface area contributed by atoms with Crippen LogP contribution in [0, 0.1) is 0 Å². The molecule has 0 fully saturated rings. The molecule has 0 bridgehead atoms. The van der Waals surface area contributed by atoms with E-state index in [1.54, 1.807) is 0 Å². The van der Waals surface area contributed by atoms with Gasteiger partial charge in [-0.1, -0.05) is 27.7 Å². The predicted molar refractivity (Wildman–Crippen MR) is 71.3 cm³/mol. The fourth-order valence-electron chi connectivity index (χ4n) is 2.83. The van der Waals surface area contributed by atoms with Crippen LogP contribution in [-0.4, -0.2) is 16.1 Å². The van der Waals surface area contributed by atoms with Gasteiger partial charge in [0.05, 0.1) is 5.69 Å². The second-order valence-corrected chi connectivity index (χ2v) is 5.43. The summed E-state index contributed by atoms with van der Waals surface area (Å²) in [5.41, 5.74) is 2.77. The van der Waals surface area contributed by atoms with Gasteiger partial charge in [-0.15, -0.1) is 0 Å². The van der Waals surface area contributed by atoms with Gasteiger partial charge < -0.3 is 9.88 Å². The smallest absolute Gasteiger partial charge is 0.111 e. The highest BCUT2D eigenvalue weighted by Gasteiger charge is 2.25. The standard InChI is InChI=1S/C14H25N3/c1-5-15-9-12-13-11(4)7-6-8-17(13)14(16-12)10(2)3/h10-11,15H,5-9H2,1-4H3. The van der Waals surface area contributed by atoms with Gasteiger partial charge in [0.25, 0.3) is 0 Å². The van der Waals surface area contributed by atoms with Crippen LogP contribution in [0.15, 0.2) is 0 Å². The zero-order valence-electron chi connectivity index (χ0n) is 11.6. The summed E-state index contributed by atoms with van der Waals surface area (Å²) in [5, 5.41) is 3.41. The second-order valence-electron chi connectivity index (χ2n) is 5.43. The molecule has 1 aliphatic heterocycles. The average molecular weight is 235 g/mol. The van der Waals surface area contributed by atoms with E-state index < -0.39 is 0 Å². The number of nitrogens with one attached hydrogen (secondary N) is 1. The second kappa shape index (κ2) is 5.21. The average Bonchev–Trinajstić information content (AvgIpc) is 2.67. The van der Waals surface area contributed by atoms with Crippen LogP contribution in [0.25, 0.3) is 0 Å². The van der Waals surface area contributed by atoms with Gasteiger partial charge in [0, 0.05) is 24.7 Å². The number of nitrogens with zero attached hydrogens (tertiary/aromatic N) is 2. The third-order valence-electron chi connectivity index (χ3n) is 3.66. The molecule has 1 aliphatic rings. The summed E-state index contributed by atoms with van der Waals surface area (Å²) in [6.07, 6.45) is 2.60. The molecular formula is C14H25N3. The first-order valence-electron chi connectivity index (χ1n) is 6.95. The van der Waals surface area contributed by atoms with Gasteiger partial charge >= 0.3 is 0 Å². The molecule has 1 aromatic heterocycles. The molecule has 1 atom stereocenters. The molecule has 3 nitrogen and oxygen atoms in total. The van der Waals surface area contributed by atoms with Crippen molar-refractivity contribution in [1.29, 1.82) is 0 Å². The predicted octanol–water partition coefficient (Wildman–Crippen LogP) is 3.01. The van der Waals surface area contributed by atoms with Crippen molar-refractivity contribution >= 4 is 0 Å². The summed E-state index contributed by atoms with van der Waals surface area (Å²) in [5.74, 6) is 2.46. The van der Waals surface area contributed by atoms with E-state index in [0.717, 1.165) is 19.6 Å². The van der Waals surface area contributed by atoms with Crippen LogP contribution in [0.1, 0.15) is 69.6 Å². The van der Waals surface area contributed by atoms with Crippen molar-refractivity contribution in [1.82, 2.24) is 14.9 Å². The minimum absolute atomic E-state index is 0.523. The number of fused-ring (bicyclic) bond motifs is 1. The number of rotatable bonds is 4. The van der Waals surface area contributed by atoms with Crippen LogP contribution in [0.3, 0.4) is 0 Å².